The van der Waals surface area contributed by atoms with Crippen molar-refractivity contribution >= 4 is 39.6 Å². The number of carbonyl (C=O) groups excluding carboxylic acids is 3. The zero-order valence-corrected chi connectivity index (χ0v) is 17.0. The van der Waals surface area contributed by atoms with Gasteiger partial charge in [-0.15, -0.1) is 0 Å². The van der Waals surface area contributed by atoms with Gasteiger partial charge in [0.1, 0.15) is 6.54 Å². The van der Waals surface area contributed by atoms with Crippen LogP contribution in [0, 0.1) is 0 Å². The molecule has 9 nitrogen and oxygen atoms in total. The van der Waals surface area contributed by atoms with E-state index >= 15 is 0 Å². The van der Waals surface area contributed by atoms with Crippen molar-refractivity contribution in [1.82, 2.24) is 25.5 Å². The summed E-state index contributed by atoms with van der Waals surface area (Å²) in [6.45, 7) is 2.85. The predicted octanol–water partition coefficient (Wildman–Crippen LogP) is 1.52. The average Bonchev–Trinajstić information content (AvgIpc) is 3.12. The van der Waals surface area contributed by atoms with Crippen LogP contribution in [-0.4, -0.2) is 50.6 Å². The molecule has 3 rings (SSSR count). The van der Waals surface area contributed by atoms with Crippen molar-refractivity contribution in [3.05, 3.63) is 40.3 Å². The zero-order valence-electron chi connectivity index (χ0n) is 16.1. The van der Waals surface area contributed by atoms with Crippen LogP contribution >= 0.6 is 11.8 Å². The first-order chi connectivity index (χ1) is 14.0. The number of hydrogen-bond acceptors (Lipinski definition) is 6. The molecule has 10 heteroatoms. The lowest BCUT2D eigenvalue weighted by atomic mass is 10.1. The third-order valence-corrected chi connectivity index (χ3v) is 5.44. The fraction of sp³-hybridized carbons (Fsp3) is 0.421. The van der Waals surface area contributed by atoms with Gasteiger partial charge in [0.15, 0.2) is 5.69 Å². The summed E-state index contributed by atoms with van der Waals surface area (Å²) >= 11 is 1.16. The lowest BCUT2D eigenvalue weighted by Crippen LogP contribution is -2.47. The molecule has 1 aromatic heterocycles. The maximum Gasteiger partial charge on any atom is 0.290 e. The van der Waals surface area contributed by atoms with E-state index < -0.39 is 11.8 Å². The third-order valence-electron chi connectivity index (χ3n) is 4.55. The van der Waals surface area contributed by atoms with E-state index in [1.54, 1.807) is 24.3 Å². The molecule has 154 valence electrons. The van der Waals surface area contributed by atoms with Crippen molar-refractivity contribution < 1.29 is 14.4 Å². The van der Waals surface area contributed by atoms with Crippen LogP contribution in [0.15, 0.2) is 29.1 Å². The molecule has 29 heavy (non-hydrogen) atoms. The van der Waals surface area contributed by atoms with Crippen molar-refractivity contribution in [3.8, 4) is 0 Å². The second-order valence-electron chi connectivity index (χ2n) is 6.67. The molecule has 0 saturated carbocycles. The van der Waals surface area contributed by atoms with Gasteiger partial charge in [-0.3, -0.25) is 30.0 Å². The first-order valence-corrected chi connectivity index (χ1v) is 10.5. The van der Waals surface area contributed by atoms with E-state index in [0.29, 0.717) is 29.6 Å². The monoisotopic (exact) mass is 417 g/mol. The Morgan fingerprint density at radius 3 is 2.59 bits per heavy atom. The van der Waals surface area contributed by atoms with Crippen molar-refractivity contribution in [2.75, 3.05) is 18.8 Å². The van der Waals surface area contributed by atoms with Gasteiger partial charge in [0.2, 0.25) is 0 Å². The number of hydrazine groups is 1. The Hall–Kier alpha value is -2.88. The topological polar surface area (TPSA) is 113 Å². The minimum Gasteiger partial charge on any atom is -0.323 e. The molecule has 1 aromatic carbocycles. The fourth-order valence-electron chi connectivity index (χ4n) is 3.03. The Morgan fingerprint density at radius 1 is 1.14 bits per heavy atom. The van der Waals surface area contributed by atoms with Crippen molar-refractivity contribution in [3.63, 3.8) is 0 Å². The summed E-state index contributed by atoms with van der Waals surface area (Å²) in [7, 11) is 0. The van der Waals surface area contributed by atoms with Gasteiger partial charge in [0, 0.05) is 24.2 Å². The molecule has 0 radical (unpaired) electrons. The fourth-order valence-corrected chi connectivity index (χ4v) is 3.86. The summed E-state index contributed by atoms with van der Waals surface area (Å²) in [6.07, 6.45) is 2.73. The van der Waals surface area contributed by atoms with Crippen molar-refractivity contribution in [1.29, 1.82) is 0 Å². The second kappa shape index (κ2) is 9.55. The van der Waals surface area contributed by atoms with Crippen LogP contribution in [0.1, 0.15) is 36.7 Å². The SMILES string of the molecule is CCCCCn1nc(C(=O)NNC(=O)CN2CCSC2=O)c2ccccc2c1=O. The molecule has 0 unspecified atom stereocenters. The Labute approximate surface area is 171 Å². The van der Waals surface area contributed by atoms with E-state index in [0.717, 1.165) is 31.0 Å². The molecule has 1 aliphatic heterocycles. The van der Waals surface area contributed by atoms with Crippen molar-refractivity contribution in [2.45, 2.75) is 32.7 Å². The minimum absolute atomic E-state index is 0.0600. The Morgan fingerprint density at radius 2 is 1.90 bits per heavy atom. The number of carbonyl (C=O) groups is 3. The highest BCUT2D eigenvalue weighted by atomic mass is 32.2. The van der Waals surface area contributed by atoms with Crippen LogP contribution in [0.3, 0.4) is 0 Å². The van der Waals surface area contributed by atoms with Crippen molar-refractivity contribution in [2.24, 2.45) is 0 Å². The molecule has 2 N–H and O–H groups in total. The normalized spacial score (nSPS) is 13.7. The number of benzene rings is 1. The van der Waals surface area contributed by atoms with Crippen LogP contribution in [0.5, 0.6) is 0 Å². The minimum atomic E-state index is -0.624. The van der Waals surface area contributed by atoms with Gasteiger partial charge < -0.3 is 4.90 Å². The number of aromatic nitrogens is 2. The molecule has 1 fully saturated rings. The summed E-state index contributed by atoms with van der Waals surface area (Å²) in [5.74, 6) is -0.482. The number of thioether (sulfide) groups is 1. The molecule has 2 heterocycles. The van der Waals surface area contributed by atoms with Crippen LogP contribution in [0.2, 0.25) is 0 Å². The first kappa shape index (κ1) is 20.8. The predicted molar refractivity (Wildman–Crippen MR) is 111 cm³/mol. The van der Waals surface area contributed by atoms with E-state index in [9.17, 15) is 19.2 Å². The van der Waals surface area contributed by atoms with E-state index in [2.05, 4.69) is 22.9 Å². The molecule has 0 aliphatic carbocycles. The number of aryl methyl sites for hydroxylation is 1. The van der Waals surface area contributed by atoms with E-state index in [4.69, 9.17) is 0 Å². The summed E-state index contributed by atoms with van der Waals surface area (Å²) in [6, 6.07) is 6.75. The van der Waals surface area contributed by atoms with Gasteiger partial charge in [-0.25, -0.2) is 4.68 Å². The van der Waals surface area contributed by atoms with Crippen LogP contribution in [-0.2, 0) is 11.3 Å². The highest BCUT2D eigenvalue weighted by Gasteiger charge is 2.24. The molecular formula is C19H23N5O4S. The van der Waals surface area contributed by atoms with E-state index in [1.807, 2.05) is 0 Å². The number of hydrogen-bond donors (Lipinski definition) is 2. The lowest BCUT2D eigenvalue weighted by Gasteiger charge is -2.15. The van der Waals surface area contributed by atoms with Crippen LogP contribution in [0.4, 0.5) is 4.79 Å². The Kier molecular flexibility index (Phi) is 6.86. The Bertz CT molecular complexity index is 990. The molecular weight excluding hydrogens is 394 g/mol. The number of nitrogens with one attached hydrogen (secondary N) is 2. The van der Waals surface area contributed by atoms with Gasteiger partial charge in [-0.1, -0.05) is 49.7 Å². The highest BCUT2D eigenvalue weighted by Crippen LogP contribution is 2.16. The third kappa shape index (κ3) is 4.94. The van der Waals surface area contributed by atoms with E-state index in [1.165, 1.54) is 9.58 Å². The smallest absolute Gasteiger partial charge is 0.290 e. The molecule has 0 spiro atoms. The lowest BCUT2D eigenvalue weighted by molar-refractivity contribution is -0.122. The second-order valence-corrected chi connectivity index (χ2v) is 7.71. The summed E-state index contributed by atoms with van der Waals surface area (Å²) in [5.41, 5.74) is 4.46. The zero-order chi connectivity index (χ0) is 20.8. The Balaban J connectivity index is 1.75. The number of rotatable bonds is 7. The number of amides is 3. The quantitative estimate of drug-likeness (QED) is 0.522. The maximum absolute atomic E-state index is 12.7. The van der Waals surface area contributed by atoms with Gasteiger partial charge in [0.25, 0.3) is 22.6 Å². The molecule has 0 bridgehead atoms. The summed E-state index contributed by atoms with van der Waals surface area (Å²) in [4.78, 5) is 50.3. The molecule has 2 aromatic rings. The van der Waals surface area contributed by atoms with Gasteiger partial charge in [-0.05, 0) is 12.5 Å². The molecule has 1 saturated heterocycles. The summed E-state index contributed by atoms with van der Waals surface area (Å²) < 4.78 is 1.30. The number of nitrogens with zero attached hydrogens (tertiary/aromatic N) is 3. The standard InChI is InChI=1S/C19H23N5O4S/c1-2-3-6-9-24-18(27)14-8-5-4-7-13(14)16(22-24)17(26)21-20-15(25)12-23-10-11-29-19(23)28/h4-5,7-8H,2-3,6,9-12H2,1H3,(H,20,25)(H,21,26). The number of fused-ring (bicyclic) bond motifs is 1. The van der Waals surface area contributed by atoms with Crippen LogP contribution < -0.4 is 16.4 Å². The molecule has 0 atom stereocenters. The average molecular weight is 417 g/mol. The summed E-state index contributed by atoms with van der Waals surface area (Å²) in [5, 5.41) is 4.90. The maximum atomic E-state index is 12.7. The largest absolute Gasteiger partial charge is 0.323 e. The molecule has 3 amide bonds. The van der Waals surface area contributed by atoms with Gasteiger partial charge >= 0.3 is 0 Å². The van der Waals surface area contributed by atoms with Gasteiger partial charge in [0.05, 0.1) is 5.39 Å². The van der Waals surface area contributed by atoms with Gasteiger partial charge in [-0.2, -0.15) is 5.10 Å². The van der Waals surface area contributed by atoms with E-state index in [-0.39, 0.29) is 23.0 Å². The van der Waals surface area contributed by atoms with Crippen LogP contribution in [0.25, 0.3) is 10.8 Å². The molecule has 1 aliphatic rings. The number of unbranched alkanes of at least 4 members (excludes halogenated alkanes) is 2. The highest BCUT2D eigenvalue weighted by molar-refractivity contribution is 8.13. The first-order valence-electron chi connectivity index (χ1n) is 9.52.